The molecule has 0 aromatic heterocycles. The number of hydrogen-bond donors (Lipinski definition) is 0. The van der Waals surface area contributed by atoms with Crippen LogP contribution in [0.1, 0.15) is 20.3 Å². The molecule has 0 aromatic carbocycles. The Labute approximate surface area is 57.6 Å². The van der Waals surface area contributed by atoms with E-state index in [-0.39, 0.29) is 0 Å². The van der Waals surface area contributed by atoms with Crippen molar-refractivity contribution in [1.82, 2.24) is 0 Å². The van der Waals surface area contributed by atoms with Gasteiger partial charge in [0.1, 0.15) is 0 Å². The first kappa shape index (κ1) is 8.22. The average Bonchev–Trinajstić information content (AvgIpc) is 1.90. The van der Waals surface area contributed by atoms with Gasteiger partial charge in [-0.2, -0.15) is 0 Å². The lowest BCUT2D eigenvalue weighted by molar-refractivity contribution is 1.08. The minimum absolute atomic E-state index is 1.08. The van der Waals surface area contributed by atoms with Crippen LogP contribution in [0.4, 0.5) is 0 Å². The third kappa shape index (κ3) is 2.31. The van der Waals surface area contributed by atoms with Gasteiger partial charge in [-0.25, -0.2) is 0 Å². The highest BCUT2D eigenvalue weighted by atomic mass is 13.9. The van der Waals surface area contributed by atoms with Crippen molar-refractivity contribution in [2.45, 2.75) is 20.3 Å². The molecule has 0 saturated heterocycles. The van der Waals surface area contributed by atoms with Gasteiger partial charge >= 0.3 is 0 Å². The van der Waals surface area contributed by atoms with Crippen molar-refractivity contribution >= 4 is 0 Å². The fourth-order valence-electron chi connectivity index (χ4n) is 0.636. The highest BCUT2D eigenvalue weighted by Gasteiger charge is 1.88. The highest BCUT2D eigenvalue weighted by molar-refractivity contribution is 5.32. The summed E-state index contributed by atoms with van der Waals surface area (Å²) in [6, 6.07) is 0. The third-order valence-electron chi connectivity index (χ3n) is 1.46. The monoisotopic (exact) mass is 122 g/mol. The molecule has 0 nitrogen and oxygen atoms in total. The molecule has 0 aliphatic carbocycles. The van der Waals surface area contributed by atoms with Crippen LogP contribution in [0.5, 0.6) is 0 Å². The van der Waals surface area contributed by atoms with E-state index in [0.717, 1.165) is 12.0 Å². The smallest absolute Gasteiger partial charge is 0.0279 e. The predicted octanol–water partition coefficient (Wildman–Crippen LogP) is 3.08. The molecular formula is C9H14. The van der Waals surface area contributed by atoms with Crippen LogP contribution >= 0.6 is 0 Å². The van der Waals surface area contributed by atoms with Gasteiger partial charge in [0, 0.05) is 0 Å². The maximum absolute atomic E-state index is 3.67. The molecule has 0 rings (SSSR count). The minimum atomic E-state index is 1.08. The Hall–Kier alpha value is -0.780. The molecule has 0 aromatic rings. The van der Waals surface area contributed by atoms with Crippen molar-refractivity contribution < 1.29 is 0 Å². The van der Waals surface area contributed by atoms with Gasteiger partial charge in [0.2, 0.25) is 0 Å². The molecule has 0 radical (unpaired) electrons. The van der Waals surface area contributed by atoms with E-state index in [1.165, 1.54) is 5.57 Å². The van der Waals surface area contributed by atoms with Crippen molar-refractivity contribution in [2.24, 2.45) is 0 Å². The van der Waals surface area contributed by atoms with Gasteiger partial charge < -0.3 is 0 Å². The molecule has 0 atom stereocenters. The maximum atomic E-state index is 3.67. The van der Waals surface area contributed by atoms with Gasteiger partial charge in [-0.05, 0) is 18.9 Å². The molecule has 50 valence electrons. The molecule has 0 aliphatic heterocycles. The van der Waals surface area contributed by atoms with Gasteiger partial charge in [-0.3, -0.25) is 0 Å². The lowest BCUT2D eigenvalue weighted by Gasteiger charge is -1.97. The van der Waals surface area contributed by atoms with Gasteiger partial charge in [0.15, 0.2) is 0 Å². The summed E-state index contributed by atoms with van der Waals surface area (Å²) in [4.78, 5) is 0. The first-order chi connectivity index (χ1) is 4.26. The van der Waals surface area contributed by atoms with Gasteiger partial charge in [0.05, 0.1) is 0 Å². The van der Waals surface area contributed by atoms with Gasteiger partial charge in [0.25, 0.3) is 0 Å². The Morgan fingerprint density at radius 2 is 1.78 bits per heavy atom. The van der Waals surface area contributed by atoms with E-state index in [2.05, 4.69) is 27.0 Å². The SMILES string of the molecule is C=CC(C=C)=C(C)CC. The molecule has 0 unspecified atom stereocenters. The standard InChI is InChI=1S/C9H14/c1-5-8(4)9(6-2)7-3/h6-7H,2-3,5H2,1,4H3. The van der Waals surface area contributed by atoms with E-state index in [4.69, 9.17) is 0 Å². The summed E-state index contributed by atoms with van der Waals surface area (Å²) in [6.45, 7) is 11.6. The van der Waals surface area contributed by atoms with E-state index >= 15 is 0 Å². The number of rotatable bonds is 3. The summed E-state index contributed by atoms with van der Waals surface area (Å²) in [7, 11) is 0. The molecule has 0 fully saturated rings. The number of allylic oxidation sites excluding steroid dienone is 4. The van der Waals surface area contributed by atoms with E-state index in [0.29, 0.717) is 0 Å². The molecule has 9 heavy (non-hydrogen) atoms. The van der Waals surface area contributed by atoms with Crippen molar-refractivity contribution in [2.75, 3.05) is 0 Å². The molecule has 0 N–H and O–H groups in total. The molecular weight excluding hydrogens is 108 g/mol. The summed E-state index contributed by atoms with van der Waals surface area (Å²) in [5, 5.41) is 0. The molecule has 0 amide bonds. The van der Waals surface area contributed by atoms with Crippen LogP contribution < -0.4 is 0 Å². The lowest BCUT2D eigenvalue weighted by atomic mass is 10.1. The zero-order valence-corrected chi connectivity index (χ0v) is 6.28. The topological polar surface area (TPSA) is 0 Å². The van der Waals surface area contributed by atoms with Crippen molar-refractivity contribution in [3.05, 3.63) is 36.5 Å². The van der Waals surface area contributed by atoms with E-state index < -0.39 is 0 Å². The van der Waals surface area contributed by atoms with E-state index in [1.54, 1.807) is 0 Å². The number of hydrogen-bond acceptors (Lipinski definition) is 0. The summed E-state index contributed by atoms with van der Waals surface area (Å²) >= 11 is 0. The lowest BCUT2D eigenvalue weighted by Crippen LogP contribution is -1.77. The summed E-state index contributed by atoms with van der Waals surface area (Å²) in [5.74, 6) is 0. The molecule has 0 heteroatoms. The Kier molecular flexibility index (Phi) is 3.78. The van der Waals surface area contributed by atoms with Crippen molar-refractivity contribution in [1.29, 1.82) is 0 Å². The molecule has 0 saturated carbocycles. The first-order valence-electron chi connectivity index (χ1n) is 3.20. The van der Waals surface area contributed by atoms with Crippen LogP contribution in [-0.2, 0) is 0 Å². The normalized spacial score (nSPS) is 8.22. The molecule has 0 spiro atoms. The van der Waals surface area contributed by atoms with Crippen molar-refractivity contribution in [3.8, 4) is 0 Å². The fraction of sp³-hybridized carbons (Fsp3) is 0.333. The predicted molar refractivity (Wildman–Crippen MR) is 43.4 cm³/mol. The second-order valence-corrected chi connectivity index (χ2v) is 2.00. The zero-order chi connectivity index (χ0) is 7.28. The summed E-state index contributed by atoms with van der Waals surface area (Å²) < 4.78 is 0. The average molecular weight is 122 g/mol. The van der Waals surface area contributed by atoms with Crippen LogP contribution in [-0.4, -0.2) is 0 Å². The Morgan fingerprint density at radius 3 is 1.89 bits per heavy atom. The Morgan fingerprint density at radius 1 is 1.33 bits per heavy atom. The highest BCUT2D eigenvalue weighted by Crippen LogP contribution is 2.08. The van der Waals surface area contributed by atoms with Crippen LogP contribution in [0.3, 0.4) is 0 Å². The fourth-order valence-corrected chi connectivity index (χ4v) is 0.636. The van der Waals surface area contributed by atoms with Crippen LogP contribution in [0.15, 0.2) is 36.5 Å². The van der Waals surface area contributed by atoms with Crippen LogP contribution in [0.2, 0.25) is 0 Å². The van der Waals surface area contributed by atoms with E-state index in [9.17, 15) is 0 Å². The molecule has 0 aliphatic rings. The third-order valence-corrected chi connectivity index (χ3v) is 1.46. The largest absolute Gasteiger partial charge is 0.0985 e. The van der Waals surface area contributed by atoms with Crippen LogP contribution in [0.25, 0.3) is 0 Å². The molecule has 0 heterocycles. The second-order valence-electron chi connectivity index (χ2n) is 2.00. The quantitative estimate of drug-likeness (QED) is 0.504. The Balaban J connectivity index is 4.36. The second kappa shape index (κ2) is 4.13. The van der Waals surface area contributed by atoms with Gasteiger partial charge in [-0.15, -0.1) is 0 Å². The molecule has 0 bridgehead atoms. The minimum Gasteiger partial charge on any atom is -0.0985 e. The van der Waals surface area contributed by atoms with Crippen LogP contribution in [0, 0.1) is 0 Å². The summed E-state index contributed by atoms with van der Waals surface area (Å²) in [6.07, 6.45) is 4.76. The first-order valence-corrected chi connectivity index (χ1v) is 3.20. The maximum Gasteiger partial charge on any atom is -0.0279 e. The van der Waals surface area contributed by atoms with Crippen molar-refractivity contribution in [3.63, 3.8) is 0 Å². The van der Waals surface area contributed by atoms with E-state index in [1.807, 2.05) is 12.2 Å². The summed E-state index contributed by atoms with van der Waals surface area (Å²) in [5.41, 5.74) is 2.51. The van der Waals surface area contributed by atoms with Gasteiger partial charge in [-0.1, -0.05) is 37.8 Å². The Bertz CT molecular complexity index is 128. The zero-order valence-electron chi connectivity index (χ0n) is 6.28.